The molecule has 2 unspecified atom stereocenters. The van der Waals surface area contributed by atoms with Crippen LogP contribution in [0.3, 0.4) is 0 Å². The molecule has 2 atom stereocenters. The predicted octanol–water partition coefficient (Wildman–Crippen LogP) is 3.75. The van der Waals surface area contributed by atoms with Crippen LogP contribution in [0.1, 0.15) is 66.2 Å². The van der Waals surface area contributed by atoms with Crippen molar-refractivity contribution in [3.05, 3.63) is 0 Å². The molecule has 1 saturated heterocycles. The Labute approximate surface area is 108 Å². The summed E-state index contributed by atoms with van der Waals surface area (Å²) in [6.45, 7) is 11.3. The third kappa shape index (κ3) is 7.05. The standard InChI is InChI=1S/C15H31NO/c1-5-16-13(10-11-15(2,3)4)8-9-14-7-6-12-17-14/h13-14,16H,5-12H2,1-4H3. The molecule has 17 heavy (non-hydrogen) atoms. The largest absolute Gasteiger partial charge is 0.378 e. The number of hydrogen-bond donors (Lipinski definition) is 1. The van der Waals surface area contributed by atoms with Crippen LogP contribution in [0.4, 0.5) is 0 Å². The molecule has 1 N–H and O–H groups in total. The van der Waals surface area contributed by atoms with Gasteiger partial charge < -0.3 is 10.1 Å². The molecule has 0 aliphatic carbocycles. The van der Waals surface area contributed by atoms with E-state index in [1.54, 1.807) is 0 Å². The maximum Gasteiger partial charge on any atom is 0.0576 e. The Morgan fingerprint density at radius 1 is 1.29 bits per heavy atom. The van der Waals surface area contributed by atoms with Gasteiger partial charge in [-0.25, -0.2) is 0 Å². The van der Waals surface area contributed by atoms with Crippen molar-refractivity contribution >= 4 is 0 Å². The predicted molar refractivity (Wildman–Crippen MR) is 74.4 cm³/mol. The zero-order valence-electron chi connectivity index (χ0n) is 12.2. The van der Waals surface area contributed by atoms with E-state index in [1.807, 2.05) is 0 Å². The maximum atomic E-state index is 5.70. The van der Waals surface area contributed by atoms with E-state index in [2.05, 4.69) is 33.0 Å². The minimum absolute atomic E-state index is 0.456. The van der Waals surface area contributed by atoms with E-state index in [1.165, 1.54) is 38.5 Å². The second-order valence-electron chi connectivity index (χ2n) is 6.57. The Hall–Kier alpha value is -0.0800. The Morgan fingerprint density at radius 2 is 2.06 bits per heavy atom. The van der Waals surface area contributed by atoms with E-state index in [4.69, 9.17) is 4.74 Å². The topological polar surface area (TPSA) is 21.3 Å². The lowest BCUT2D eigenvalue weighted by atomic mass is 9.87. The summed E-state index contributed by atoms with van der Waals surface area (Å²) in [6, 6.07) is 0.684. The van der Waals surface area contributed by atoms with Gasteiger partial charge >= 0.3 is 0 Å². The van der Waals surface area contributed by atoms with Crippen LogP contribution in [0.25, 0.3) is 0 Å². The number of hydrogen-bond acceptors (Lipinski definition) is 2. The van der Waals surface area contributed by atoms with Crippen LogP contribution in [0.15, 0.2) is 0 Å². The van der Waals surface area contributed by atoms with Gasteiger partial charge in [0.15, 0.2) is 0 Å². The first-order valence-corrected chi connectivity index (χ1v) is 7.36. The molecule has 2 heteroatoms. The molecule has 1 rings (SSSR count). The molecule has 1 aliphatic heterocycles. The van der Waals surface area contributed by atoms with Crippen LogP contribution >= 0.6 is 0 Å². The molecule has 0 saturated carbocycles. The zero-order chi connectivity index (χ0) is 12.7. The quantitative estimate of drug-likeness (QED) is 0.733. The summed E-state index contributed by atoms with van der Waals surface area (Å²) in [5.74, 6) is 0. The minimum atomic E-state index is 0.456. The van der Waals surface area contributed by atoms with E-state index in [0.29, 0.717) is 17.6 Å². The highest BCUT2D eigenvalue weighted by Crippen LogP contribution is 2.24. The highest BCUT2D eigenvalue weighted by molar-refractivity contribution is 4.74. The van der Waals surface area contributed by atoms with Gasteiger partial charge in [-0.1, -0.05) is 27.7 Å². The van der Waals surface area contributed by atoms with Crippen molar-refractivity contribution < 1.29 is 4.74 Å². The Morgan fingerprint density at radius 3 is 2.59 bits per heavy atom. The zero-order valence-corrected chi connectivity index (χ0v) is 12.2. The van der Waals surface area contributed by atoms with E-state index in [9.17, 15) is 0 Å². The van der Waals surface area contributed by atoms with Crippen molar-refractivity contribution in [1.82, 2.24) is 5.32 Å². The number of nitrogens with one attached hydrogen (secondary N) is 1. The van der Waals surface area contributed by atoms with Gasteiger partial charge in [-0.3, -0.25) is 0 Å². The first-order valence-electron chi connectivity index (χ1n) is 7.36. The van der Waals surface area contributed by atoms with Crippen molar-refractivity contribution in [3.63, 3.8) is 0 Å². The molecule has 0 amide bonds. The van der Waals surface area contributed by atoms with Crippen LogP contribution < -0.4 is 5.32 Å². The Balaban J connectivity index is 2.21. The number of rotatable bonds is 7. The lowest BCUT2D eigenvalue weighted by molar-refractivity contribution is 0.0988. The summed E-state index contributed by atoms with van der Waals surface area (Å²) in [4.78, 5) is 0. The van der Waals surface area contributed by atoms with Crippen molar-refractivity contribution in [2.75, 3.05) is 13.2 Å². The van der Waals surface area contributed by atoms with Gasteiger partial charge in [-0.2, -0.15) is 0 Å². The van der Waals surface area contributed by atoms with Gasteiger partial charge in [0, 0.05) is 12.6 Å². The molecule has 2 nitrogen and oxygen atoms in total. The first kappa shape index (κ1) is 15.0. The molecule has 1 heterocycles. The van der Waals surface area contributed by atoms with Gasteiger partial charge in [-0.15, -0.1) is 0 Å². The van der Waals surface area contributed by atoms with Crippen molar-refractivity contribution in [2.45, 2.75) is 78.4 Å². The average Bonchev–Trinajstić information content (AvgIpc) is 2.74. The van der Waals surface area contributed by atoms with E-state index >= 15 is 0 Å². The van der Waals surface area contributed by atoms with Gasteiger partial charge in [0.2, 0.25) is 0 Å². The van der Waals surface area contributed by atoms with Gasteiger partial charge in [-0.05, 0) is 50.5 Å². The molecule has 1 fully saturated rings. The summed E-state index contributed by atoms with van der Waals surface area (Å²) in [6.07, 6.45) is 8.19. The molecular weight excluding hydrogens is 210 g/mol. The first-order chi connectivity index (χ1) is 8.01. The third-order valence-electron chi connectivity index (χ3n) is 3.60. The van der Waals surface area contributed by atoms with Crippen molar-refractivity contribution in [1.29, 1.82) is 0 Å². The SMILES string of the molecule is CCNC(CCC1CCCO1)CCC(C)(C)C. The molecule has 0 aromatic rings. The van der Waals surface area contributed by atoms with Gasteiger partial charge in [0.1, 0.15) is 0 Å². The normalized spacial score (nSPS) is 22.9. The fraction of sp³-hybridized carbons (Fsp3) is 1.00. The van der Waals surface area contributed by atoms with Crippen LogP contribution in [0, 0.1) is 5.41 Å². The van der Waals surface area contributed by atoms with E-state index < -0.39 is 0 Å². The van der Waals surface area contributed by atoms with Crippen molar-refractivity contribution in [3.8, 4) is 0 Å². The molecule has 1 aliphatic rings. The highest BCUT2D eigenvalue weighted by Gasteiger charge is 2.19. The number of ether oxygens (including phenoxy) is 1. The molecule has 0 aromatic carbocycles. The van der Waals surface area contributed by atoms with Crippen LogP contribution in [-0.2, 0) is 4.74 Å². The lowest BCUT2D eigenvalue weighted by Gasteiger charge is -2.24. The van der Waals surface area contributed by atoms with Crippen LogP contribution in [-0.4, -0.2) is 25.3 Å². The van der Waals surface area contributed by atoms with Gasteiger partial charge in [0.05, 0.1) is 6.10 Å². The average molecular weight is 241 g/mol. The van der Waals surface area contributed by atoms with Crippen LogP contribution in [0.5, 0.6) is 0 Å². The highest BCUT2D eigenvalue weighted by atomic mass is 16.5. The smallest absolute Gasteiger partial charge is 0.0576 e. The summed E-state index contributed by atoms with van der Waals surface area (Å²) >= 11 is 0. The molecule has 0 spiro atoms. The molecule has 0 radical (unpaired) electrons. The van der Waals surface area contributed by atoms with Gasteiger partial charge in [0.25, 0.3) is 0 Å². The fourth-order valence-electron chi connectivity index (χ4n) is 2.50. The van der Waals surface area contributed by atoms with E-state index in [0.717, 1.165) is 13.2 Å². The Bertz CT molecular complexity index is 192. The summed E-state index contributed by atoms with van der Waals surface area (Å²) in [7, 11) is 0. The molecule has 102 valence electrons. The lowest BCUT2D eigenvalue weighted by Crippen LogP contribution is -2.31. The second kappa shape index (κ2) is 7.38. The van der Waals surface area contributed by atoms with Crippen molar-refractivity contribution in [2.24, 2.45) is 5.41 Å². The molecular formula is C15H31NO. The van der Waals surface area contributed by atoms with Crippen LogP contribution in [0.2, 0.25) is 0 Å². The third-order valence-corrected chi connectivity index (χ3v) is 3.60. The van der Waals surface area contributed by atoms with E-state index in [-0.39, 0.29) is 0 Å². The monoisotopic (exact) mass is 241 g/mol. The summed E-state index contributed by atoms with van der Waals surface area (Å²) < 4.78 is 5.70. The fourth-order valence-corrected chi connectivity index (χ4v) is 2.50. The maximum absolute atomic E-state index is 5.70. The molecule has 0 bridgehead atoms. The second-order valence-corrected chi connectivity index (χ2v) is 6.57. The summed E-state index contributed by atoms with van der Waals surface area (Å²) in [5, 5.41) is 3.62. The molecule has 0 aromatic heterocycles. The Kier molecular flexibility index (Phi) is 6.50. The summed E-state index contributed by atoms with van der Waals surface area (Å²) in [5.41, 5.74) is 0.456. The minimum Gasteiger partial charge on any atom is -0.378 e.